The maximum absolute atomic E-state index is 12.2. The number of ketones is 1. The fraction of sp³-hybridized carbons (Fsp3) is 0.500. The molecule has 0 saturated carbocycles. The predicted molar refractivity (Wildman–Crippen MR) is 65.5 cm³/mol. The fourth-order valence-corrected chi connectivity index (χ4v) is 2.14. The summed E-state index contributed by atoms with van der Waals surface area (Å²) in [6.07, 6.45) is 1.01. The zero-order chi connectivity index (χ0) is 12.3. The van der Waals surface area contributed by atoms with Crippen molar-refractivity contribution in [2.24, 2.45) is 5.92 Å². The quantitative estimate of drug-likeness (QED) is 0.751. The van der Waals surface area contributed by atoms with E-state index >= 15 is 0 Å². The minimum atomic E-state index is 0.00174. The Morgan fingerprint density at radius 1 is 1.53 bits per heavy atom. The molecule has 2 rings (SSSR count). The number of rotatable bonds is 4. The zero-order valence-electron chi connectivity index (χ0n) is 10.3. The standard InChI is InChI=1S/C14H18O3/c1-3-16-13-6-4-5-11(8-13)14(15)12-7-10(2)17-9-12/h4-6,8,10,12H,3,7,9H2,1-2H3. The highest BCUT2D eigenvalue weighted by molar-refractivity contribution is 5.98. The van der Waals surface area contributed by atoms with Crippen LogP contribution in [0.15, 0.2) is 24.3 Å². The van der Waals surface area contributed by atoms with Crippen molar-refractivity contribution in [3.63, 3.8) is 0 Å². The van der Waals surface area contributed by atoms with E-state index in [2.05, 4.69) is 0 Å². The van der Waals surface area contributed by atoms with Crippen LogP contribution in [0.1, 0.15) is 30.6 Å². The van der Waals surface area contributed by atoms with E-state index in [4.69, 9.17) is 9.47 Å². The van der Waals surface area contributed by atoms with E-state index in [1.807, 2.05) is 38.1 Å². The van der Waals surface area contributed by atoms with Crippen molar-refractivity contribution >= 4 is 5.78 Å². The maximum atomic E-state index is 12.2. The monoisotopic (exact) mass is 234 g/mol. The lowest BCUT2D eigenvalue weighted by atomic mass is 9.95. The molecule has 1 fully saturated rings. The first kappa shape index (κ1) is 12.1. The molecule has 0 aromatic heterocycles. The summed E-state index contributed by atoms with van der Waals surface area (Å²) in [5.41, 5.74) is 0.721. The Morgan fingerprint density at radius 2 is 2.35 bits per heavy atom. The van der Waals surface area contributed by atoms with Crippen LogP contribution in [0, 0.1) is 5.92 Å². The van der Waals surface area contributed by atoms with Crippen LogP contribution in [-0.4, -0.2) is 25.1 Å². The first-order valence-electron chi connectivity index (χ1n) is 6.09. The average Bonchev–Trinajstić information content (AvgIpc) is 2.76. The molecule has 92 valence electrons. The Bertz CT molecular complexity index is 400. The van der Waals surface area contributed by atoms with Crippen molar-refractivity contribution in [2.45, 2.75) is 26.4 Å². The Kier molecular flexibility index (Phi) is 3.79. The van der Waals surface area contributed by atoms with Gasteiger partial charge in [0.1, 0.15) is 5.75 Å². The number of ether oxygens (including phenoxy) is 2. The Labute approximate surface area is 102 Å². The largest absolute Gasteiger partial charge is 0.494 e. The second kappa shape index (κ2) is 5.32. The van der Waals surface area contributed by atoms with E-state index in [-0.39, 0.29) is 17.8 Å². The number of carbonyl (C=O) groups is 1. The van der Waals surface area contributed by atoms with Crippen LogP contribution >= 0.6 is 0 Å². The minimum Gasteiger partial charge on any atom is -0.494 e. The van der Waals surface area contributed by atoms with Crippen molar-refractivity contribution in [1.29, 1.82) is 0 Å². The van der Waals surface area contributed by atoms with E-state index in [1.165, 1.54) is 0 Å². The lowest BCUT2D eigenvalue weighted by molar-refractivity contribution is 0.0877. The molecule has 0 amide bonds. The van der Waals surface area contributed by atoms with Gasteiger partial charge in [0.25, 0.3) is 0 Å². The molecule has 17 heavy (non-hydrogen) atoms. The Balaban J connectivity index is 2.10. The molecule has 1 aromatic rings. The van der Waals surface area contributed by atoms with E-state index in [0.717, 1.165) is 17.7 Å². The van der Waals surface area contributed by atoms with Crippen molar-refractivity contribution in [3.05, 3.63) is 29.8 Å². The van der Waals surface area contributed by atoms with Crippen molar-refractivity contribution < 1.29 is 14.3 Å². The van der Waals surface area contributed by atoms with Crippen LogP contribution in [0.5, 0.6) is 5.75 Å². The van der Waals surface area contributed by atoms with Gasteiger partial charge in [-0.2, -0.15) is 0 Å². The lowest BCUT2D eigenvalue weighted by Gasteiger charge is -2.08. The molecule has 0 N–H and O–H groups in total. The number of hydrogen-bond donors (Lipinski definition) is 0. The molecule has 0 aliphatic carbocycles. The summed E-state index contributed by atoms with van der Waals surface area (Å²) in [5, 5.41) is 0. The topological polar surface area (TPSA) is 35.5 Å². The molecule has 3 nitrogen and oxygen atoms in total. The Morgan fingerprint density at radius 3 is 3.00 bits per heavy atom. The van der Waals surface area contributed by atoms with Gasteiger partial charge in [-0.25, -0.2) is 0 Å². The van der Waals surface area contributed by atoms with Gasteiger partial charge in [0, 0.05) is 11.5 Å². The Hall–Kier alpha value is -1.35. The number of benzene rings is 1. The van der Waals surface area contributed by atoms with Crippen LogP contribution in [0.4, 0.5) is 0 Å². The first-order valence-corrected chi connectivity index (χ1v) is 6.09. The van der Waals surface area contributed by atoms with Crippen LogP contribution in [0.3, 0.4) is 0 Å². The highest BCUT2D eigenvalue weighted by atomic mass is 16.5. The first-order chi connectivity index (χ1) is 8.20. The van der Waals surface area contributed by atoms with E-state index in [1.54, 1.807) is 0 Å². The molecule has 1 saturated heterocycles. The molecule has 3 heteroatoms. The lowest BCUT2D eigenvalue weighted by Crippen LogP contribution is -2.14. The second-order valence-electron chi connectivity index (χ2n) is 4.40. The summed E-state index contributed by atoms with van der Waals surface area (Å²) < 4.78 is 10.8. The highest BCUT2D eigenvalue weighted by Gasteiger charge is 2.28. The third-order valence-electron chi connectivity index (χ3n) is 3.00. The molecule has 2 unspecified atom stereocenters. The van der Waals surface area contributed by atoms with Crippen LogP contribution in [-0.2, 0) is 4.74 Å². The smallest absolute Gasteiger partial charge is 0.168 e. The van der Waals surface area contributed by atoms with Gasteiger partial charge in [-0.05, 0) is 32.4 Å². The van der Waals surface area contributed by atoms with Crippen LogP contribution in [0.25, 0.3) is 0 Å². The van der Waals surface area contributed by atoms with Crippen LogP contribution < -0.4 is 4.74 Å². The summed E-state index contributed by atoms with van der Waals surface area (Å²) in [5.74, 6) is 0.920. The maximum Gasteiger partial charge on any atom is 0.168 e. The number of carbonyl (C=O) groups excluding carboxylic acids is 1. The van der Waals surface area contributed by atoms with E-state index in [0.29, 0.717) is 13.2 Å². The molecule has 1 heterocycles. The van der Waals surface area contributed by atoms with Gasteiger partial charge in [0.15, 0.2) is 5.78 Å². The normalized spacial score (nSPS) is 23.6. The van der Waals surface area contributed by atoms with Gasteiger partial charge < -0.3 is 9.47 Å². The molecular weight excluding hydrogens is 216 g/mol. The van der Waals surface area contributed by atoms with Crippen molar-refractivity contribution in [2.75, 3.05) is 13.2 Å². The molecule has 1 aliphatic rings. The SMILES string of the molecule is CCOc1cccc(C(=O)C2COC(C)C2)c1. The second-order valence-corrected chi connectivity index (χ2v) is 4.40. The molecule has 0 bridgehead atoms. The van der Waals surface area contributed by atoms with Gasteiger partial charge >= 0.3 is 0 Å². The number of hydrogen-bond acceptors (Lipinski definition) is 3. The molecule has 1 aliphatic heterocycles. The van der Waals surface area contributed by atoms with E-state index < -0.39 is 0 Å². The third kappa shape index (κ3) is 2.86. The summed E-state index contributed by atoms with van der Waals surface area (Å²) in [6, 6.07) is 7.38. The molecule has 1 aromatic carbocycles. The molecule has 0 spiro atoms. The third-order valence-corrected chi connectivity index (χ3v) is 3.00. The molecule has 2 atom stereocenters. The molecular formula is C14H18O3. The van der Waals surface area contributed by atoms with E-state index in [9.17, 15) is 4.79 Å². The highest BCUT2D eigenvalue weighted by Crippen LogP contribution is 2.24. The summed E-state index contributed by atoms with van der Waals surface area (Å²) in [4.78, 5) is 12.2. The minimum absolute atomic E-state index is 0.00174. The van der Waals surface area contributed by atoms with Gasteiger partial charge in [-0.3, -0.25) is 4.79 Å². The fourth-order valence-electron chi connectivity index (χ4n) is 2.14. The average molecular weight is 234 g/mol. The van der Waals surface area contributed by atoms with Gasteiger partial charge in [0.2, 0.25) is 0 Å². The van der Waals surface area contributed by atoms with Crippen molar-refractivity contribution in [1.82, 2.24) is 0 Å². The van der Waals surface area contributed by atoms with Gasteiger partial charge in [0.05, 0.1) is 19.3 Å². The zero-order valence-corrected chi connectivity index (χ0v) is 10.3. The van der Waals surface area contributed by atoms with Crippen LogP contribution in [0.2, 0.25) is 0 Å². The summed E-state index contributed by atoms with van der Waals surface area (Å²) in [7, 11) is 0. The number of Topliss-reactive ketones (excluding diaryl/α,β-unsaturated/α-hetero) is 1. The summed E-state index contributed by atoms with van der Waals surface area (Å²) >= 11 is 0. The van der Waals surface area contributed by atoms with Gasteiger partial charge in [-0.15, -0.1) is 0 Å². The summed E-state index contributed by atoms with van der Waals surface area (Å²) in [6.45, 7) is 5.09. The van der Waals surface area contributed by atoms with Gasteiger partial charge in [-0.1, -0.05) is 12.1 Å². The molecule has 0 radical (unpaired) electrons. The van der Waals surface area contributed by atoms with Crippen molar-refractivity contribution in [3.8, 4) is 5.75 Å². The predicted octanol–water partition coefficient (Wildman–Crippen LogP) is 2.69.